The van der Waals surface area contributed by atoms with Gasteiger partial charge in [-0.25, -0.2) is 8.78 Å². The Balaban J connectivity index is 1.99. The molecule has 0 bridgehead atoms. The molecular weight excluding hydrogens is 210 g/mol. The average Bonchev–Trinajstić information content (AvgIpc) is 3.04. The molecule has 1 aromatic rings. The Hall–Kier alpha value is -1.00. The minimum Gasteiger partial charge on any atom is -0.271 e. The lowest BCUT2D eigenvalue weighted by atomic mass is 10.0. The summed E-state index contributed by atoms with van der Waals surface area (Å²) < 4.78 is 26.1. The number of hydrazine groups is 1. The molecule has 1 unspecified atom stereocenters. The van der Waals surface area contributed by atoms with E-state index in [2.05, 4.69) is 5.43 Å². The number of hydrogen-bond donors (Lipinski definition) is 2. The molecule has 1 aromatic carbocycles. The maximum Gasteiger partial charge on any atom is 0.129 e. The smallest absolute Gasteiger partial charge is 0.129 e. The second-order valence-corrected chi connectivity index (χ2v) is 4.48. The molecule has 2 rings (SSSR count). The van der Waals surface area contributed by atoms with Crippen LogP contribution in [0, 0.1) is 17.6 Å². The molecule has 0 radical (unpaired) electrons. The monoisotopic (exact) mass is 226 g/mol. The van der Waals surface area contributed by atoms with Gasteiger partial charge in [-0.15, -0.1) is 0 Å². The molecule has 1 atom stereocenters. The summed E-state index contributed by atoms with van der Waals surface area (Å²) in [4.78, 5) is 0. The van der Waals surface area contributed by atoms with Crippen LogP contribution in [0.2, 0.25) is 0 Å². The molecule has 0 heterocycles. The van der Waals surface area contributed by atoms with Gasteiger partial charge in [-0.1, -0.05) is 18.9 Å². The fourth-order valence-corrected chi connectivity index (χ4v) is 1.92. The van der Waals surface area contributed by atoms with Crippen LogP contribution in [0.3, 0.4) is 0 Å². The molecule has 1 aliphatic carbocycles. The van der Waals surface area contributed by atoms with Crippen molar-refractivity contribution in [2.45, 2.75) is 31.7 Å². The first-order valence-corrected chi connectivity index (χ1v) is 5.59. The molecule has 0 saturated heterocycles. The minimum absolute atomic E-state index is 0.0764. The molecule has 88 valence electrons. The van der Waals surface area contributed by atoms with Crippen molar-refractivity contribution in [2.75, 3.05) is 0 Å². The van der Waals surface area contributed by atoms with Gasteiger partial charge in [0.2, 0.25) is 0 Å². The van der Waals surface area contributed by atoms with Gasteiger partial charge in [0.25, 0.3) is 0 Å². The van der Waals surface area contributed by atoms with E-state index < -0.39 is 11.6 Å². The predicted octanol–water partition coefficient (Wildman–Crippen LogP) is 2.14. The highest BCUT2D eigenvalue weighted by Gasteiger charge is 2.25. The highest BCUT2D eigenvalue weighted by atomic mass is 19.1. The molecule has 1 aliphatic rings. The quantitative estimate of drug-likeness (QED) is 0.596. The fraction of sp³-hybridized carbons (Fsp3) is 0.500. The van der Waals surface area contributed by atoms with Crippen molar-refractivity contribution in [3.05, 3.63) is 35.4 Å². The van der Waals surface area contributed by atoms with E-state index in [1.54, 1.807) is 0 Å². The predicted molar refractivity (Wildman–Crippen MR) is 58.5 cm³/mol. The Morgan fingerprint density at radius 2 is 2.12 bits per heavy atom. The van der Waals surface area contributed by atoms with Crippen LogP contribution in [0.15, 0.2) is 18.2 Å². The number of nitrogens with one attached hydrogen (secondary N) is 1. The highest BCUT2D eigenvalue weighted by molar-refractivity contribution is 5.19. The van der Waals surface area contributed by atoms with E-state index in [-0.39, 0.29) is 6.04 Å². The number of halogens is 2. The zero-order valence-electron chi connectivity index (χ0n) is 9.05. The van der Waals surface area contributed by atoms with Crippen molar-refractivity contribution in [3.8, 4) is 0 Å². The summed E-state index contributed by atoms with van der Waals surface area (Å²) in [6, 6.07) is 3.76. The number of hydrogen-bond acceptors (Lipinski definition) is 2. The summed E-state index contributed by atoms with van der Waals surface area (Å²) in [7, 11) is 0. The van der Waals surface area contributed by atoms with E-state index >= 15 is 0 Å². The maximum atomic E-state index is 13.4. The Morgan fingerprint density at radius 3 is 2.69 bits per heavy atom. The second kappa shape index (κ2) is 4.89. The second-order valence-electron chi connectivity index (χ2n) is 4.48. The largest absolute Gasteiger partial charge is 0.271 e. The Labute approximate surface area is 93.8 Å². The van der Waals surface area contributed by atoms with Crippen molar-refractivity contribution in [2.24, 2.45) is 11.8 Å². The highest BCUT2D eigenvalue weighted by Crippen LogP contribution is 2.34. The molecule has 0 aromatic heterocycles. The average molecular weight is 226 g/mol. The van der Waals surface area contributed by atoms with Crippen LogP contribution in [0.4, 0.5) is 8.78 Å². The molecule has 2 nitrogen and oxygen atoms in total. The van der Waals surface area contributed by atoms with Gasteiger partial charge in [0.05, 0.1) is 0 Å². The lowest BCUT2D eigenvalue weighted by Crippen LogP contribution is -2.37. The van der Waals surface area contributed by atoms with Gasteiger partial charge in [-0.2, -0.15) is 0 Å². The molecule has 1 fully saturated rings. The van der Waals surface area contributed by atoms with E-state index in [9.17, 15) is 8.78 Å². The standard InChI is InChI=1S/C12H16F2N2/c13-10-4-3-9(12(14)7-10)6-11(16-15)5-8-1-2-8/h3-4,7-8,11,16H,1-2,5-6,15H2. The first kappa shape index (κ1) is 11.5. The maximum absolute atomic E-state index is 13.4. The normalized spacial score (nSPS) is 17.4. The fourth-order valence-electron chi connectivity index (χ4n) is 1.92. The molecule has 0 amide bonds. The van der Waals surface area contributed by atoms with Gasteiger partial charge < -0.3 is 0 Å². The van der Waals surface area contributed by atoms with E-state index in [4.69, 9.17) is 5.84 Å². The van der Waals surface area contributed by atoms with Crippen LogP contribution in [-0.2, 0) is 6.42 Å². The summed E-state index contributed by atoms with van der Waals surface area (Å²) in [6.45, 7) is 0. The van der Waals surface area contributed by atoms with E-state index in [1.165, 1.54) is 25.0 Å². The van der Waals surface area contributed by atoms with Crippen LogP contribution in [0.1, 0.15) is 24.8 Å². The summed E-state index contributed by atoms with van der Waals surface area (Å²) >= 11 is 0. The van der Waals surface area contributed by atoms with Crippen molar-refractivity contribution in [1.82, 2.24) is 5.43 Å². The van der Waals surface area contributed by atoms with Crippen LogP contribution in [0.5, 0.6) is 0 Å². The van der Waals surface area contributed by atoms with E-state index in [0.717, 1.165) is 18.4 Å². The van der Waals surface area contributed by atoms with E-state index in [0.29, 0.717) is 12.0 Å². The Morgan fingerprint density at radius 1 is 1.38 bits per heavy atom. The summed E-state index contributed by atoms with van der Waals surface area (Å²) in [5.41, 5.74) is 3.22. The van der Waals surface area contributed by atoms with E-state index in [1.807, 2.05) is 0 Å². The van der Waals surface area contributed by atoms with Crippen LogP contribution in [-0.4, -0.2) is 6.04 Å². The first-order chi connectivity index (χ1) is 7.69. The van der Waals surface area contributed by atoms with Gasteiger partial charge in [0.1, 0.15) is 11.6 Å². The molecule has 0 spiro atoms. The Kier molecular flexibility index (Phi) is 3.51. The van der Waals surface area contributed by atoms with Crippen LogP contribution < -0.4 is 11.3 Å². The van der Waals surface area contributed by atoms with Crippen molar-refractivity contribution in [3.63, 3.8) is 0 Å². The number of nitrogens with two attached hydrogens (primary N) is 1. The third-order valence-corrected chi connectivity index (χ3v) is 3.03. The van der Waals surface area contributed by atoms with Gasteiger partial charge in [-0.3, -0.25) is 11.3 Å². The molecule has 1 saturated carbocycles. The van der Waals surface area contributed by atoms with Crippen molar-refractivity contribution >= 4 is 0 Å². The van der Waals surface area contributed by atoms with Gasteiger partial charge in [0, 0.05) is 12.1 Å². The summed E-state index contributed by atoms with van der Waals surface area (Å²) in [5, 5.41) is 0. The minimum atomic E-state index is -0.541. The first-order valence-electron chi connectivity index (χ1n) is 5.59. The zero-order valence-corrected chi connectivity index (χ0v) is 9.05. The summed E-state index contributed by atoms with van der Waals surface area (Å²) in [5.74, 6) is 5.13. The van der Waals surface area contributed by atoms with Crippen LogP contribution >= 0.6 is 0 Å². The lowest BCUT2D eigenvalue weighted by molar-refractivity contribution is 0.456. The number of rotatable bonds is 5. The van der Waals surface area contributed by atoms with Gasteiger partial charge >= 0.3 is 0 Å². The van der Waals surface area contributed by atoms with Crippen molar-refractivity contribution < 1.29 is 8.78 Å². The third kappa shape index (κ3) is 3.00. The topological polar surface area (TPSA) is 38.0 Å². The lowest BCUT2D eigenvalue weighted by Gasteiger charge is -2.15. The number of benzene rings is 1. The molecule has 3 N–H and O–H groups in total. The zero-order chi connectivity index (χ0) is 11.5. The van der Waals surface area contributed by atoms with Crippen molar-refractivity contribution in [1.29, 1.82) is 0 Å². The van der Waals surface area contributed by atoms with Gasteiger partial charge in [0.15, 0.2) is 0 Å². The third-order valence-electron chi connectivity index (χ3n) is 3.03. The molecule has 4 heteroatoms. The summed E-state index contributed by atoms with van der Waals surface area (Å²) in [6.07, 6.45) is 3.96. The SMILES string of the molecule is NNC(Cc1ccc(F)cc1F)CC1CC1. The Bertz CT molecular complexity index is 364. The molecule has 0 aliphatic heterocycles. The molecule has 16 heavy (non-hydrogen) atoms. The van der Waals surface area contributed by atoms with Gasteiger partial charge in [-0.05, 0) is 30.4 Å². The molecular formula is C12H16F2N2. The van der Waals surface area contributed by atoms with Crippen LogP contribution in [0.25, 0.3) is 0 Å².